The Hall–Kier alpha value is -1.18. The summed E-state index contributed by atoms with van der Waals surface area (Å²) in [5.74, 6) is 0.530. The fourth-order valence-electron chi connectivity index (χ4n) is 4.39. The zero-order chi connectivity index (χ0) is 10.9. The highest BCUT2D eigenvalue weighted by atomic mass is 16.2. The first-order chi connectivity index (χ1) is 7.79. The van der Waals surface area contributed by atoms with Crippen LogP contribution in [0.25, 0.3) is 0 Å². The van der Waals surface area contributed by atoms with Gasteiger partial charge in [0.25, 0.3) is 0 Å². The normalized spacial score (nSPS) is 44.2. The zero-order valence-electron chi connectivity index (χ0n) is 9.11. The van der Waals surface area contributed by atoms with E-state index < -0.39 is 0 Å². The third-order valence-electron chi connectivity index (χ3n) is 4.94. The molecule has 82 valence electrons. The van der Waals surface area contributed by atoms with E-state index in [0.29, 0.717) is 11.8 Å². The Labute approximate surface area is 94.4 Å². The van der Waals surface area contributed by atoms with Gasteiger partial charge in [-0.3, -0.25) is 9.59 Å². The van der Waals surface area contributed by atoms with E-state index in [2.05, 4.69) is 12.2 Å². The second-order valence-corrected chi connectivity index (χ2v) is 5.49. The Kier molecular flexibility index (Phi) is 1.52. The van der Waals surface area contributed by atoms with Gasteiger partial charge in [0, 0.05) is 0 Å². The minimum absolute atomic E-state index is 0.0324. The lowest BCUT2D eigenvalue weighted by Crippen LogP contribution is -2.50. The third-order valence-corrected chi connectivity index (χ3v) is 4.94. The number of rotatable bonds is 0. The predicted octanol–water partition coefficient (Wildman–Crippen LogP) is 2.06. The molecule has 1 saturated carbocycles. The Balaban J connectivity index is 1.94. The smallest absolute Gasteiger partial charge is 0.206 e. The van der Waals surface area contributed by atoms with Crippen molar-refractivity contribution in [1.29, 1.82) is 0 Å². The van der Waals surface area contributed by atoms with Gasteiger partial charge < -0.3 is 0 Å². The van der Waals surface area contributed by atoms with Crippen LogP contribution in [-0.2, 0) is 9.59 Å². The van der Waals surface area contributed by atoms with Gasteiger partial charge in [-0.25, -0.2) is 0 Å². The fourth-order valence-corrected chi connectivity index (χ4v) is 4.39. The number of hydrogen-bond donors (Lipinski definition) is 0. The second-order valence-electron chi connectivity index (χ2n) is 5.49. The molecule has 5 aliphatic carbocycles. The average Bonchev–Trinajstić information content (AvgIpc) is 2.89. The molecule has 0 N–H and O–H groups in total. The minimum Gasteiger partial charge on any atom is -0.290 e. The van der Waals surface area contributed by atoms with E-state index >= 15 is 0 Å². The molecule has 2 bridgehead atoms. The lowest BCUT2D eigenvalue weighted by molar-refractivity contribution is -0.146. The lowest BCUT2D eigenvalue weighted by Gasteiger charge is -2.44. The van der Waals surface area contributed by atoms with Crippen LogP contribution in [0.2, 0.25) is 0 Å². The van der Waals surface area contributed by atoms with E-state index in [9.17, 15) is 9.59 Å². The first-order valence-electron chi connectivity index (χ1n) is 6.25. The predicted molar refractivity (Wildman–Crippen MR) is 58.6 cm³/mol. The van der Waals surface area contributed by atoms with Crippen LogP contribution in [-0.4, -0.2) is 11.6 Å². The highest BCUT2D eigenvalue weighted by molar-refractivity contribution is 6.41. The van der Waals surface area contributed by atoms with Crippen molar-refractivity contribution in [2.75, 3.05) is 0 Å². The van der Waals surface area contributed by atoms with Crippen LogP contribution in [0, 0.1) is 23.7 Å². The molecule has 0 aliphatic heterocycles. The summed E-state index contributed by atoms with van der Waals surface area (Å²) >= 11 is 0. The van der Waals surface area contributed by atoms with Crippen molar-refractivity contribution in [2.24, 2.45) is 23.7 Å². The molecule has 5 aliphatic rings. The van der Waals surface area contributed by atoms with Crippen molar-refractivity contribution < 1.29 is 9.59 Å². The van der Waals surface area contributed by atoms with Crippen molar-refractivity contribution in [3.8, 4) is 0 Å². The van der Waals surface area contributed by atoms with Crippen LogP contribution in [0.3, 0.4) is 0 Å². The first-order valence-corrected chi connectivity index (χ1v) is 6.25. The summed E-state index contributed by atoms with van der Waals surface area (Å²) in [6, 6.07) is 0. The Morgan fingerprint density at radius 3 is 2.50 bits per heavy atom. The SMILES string of the molecule is O=C1C(=O)C2C3=C(CCC3)C1C1C=CCC21. The quantitative estimate of drug-likeness (QED) is 0.457. The molecule has 1 fully saturated rings. The number of fused-ring (bicyclic) bond motifs is 1. The fraction of sp³-hybridized carbons (Fsp3) is 0.571. The maximum atomic E-state index is 12.1. The van der Waals surface area contributed by atoms with Crippen molar-refractivity contribution in [3.63, 3.8) is 0 Å². The lowest BCUT2D eigenvalue weighted by atomic mass is 9.57. The third kappa shape index (κ3) is 0.817. The van der Waals surface area contributed by atoms with E-state index in [1.54, 1.807) is 0 Å². The van der Waals surface area contributed by atoms with Gasteiger partial charge in [0.1, 0.15) is 0 Å². The summed E-state index contributed by atoms with van der Waals surface area (Å²) in [6.45, 7) is 0. The van der Waals surface area contributed by atoms with Gasteiger partial charge in [-0.2, -0.15) is 0 Å². The molecular formula is C14H14O2. The molecule has 0 amide bonds. The molecule has 0 spiro atoms. The molecule has 4 unspecified atom stereocenters. The summed E-state index contributed by atoms with van der Waals surface area (Å²) in [4.78, 5) is 24.1. The number of allylic oxidation sites excluding steroid dienone is 4. The molecule has 0 saturated heterocycles. The van der Waals surface area contributed by atoms with E-state index in [-0.39, 0.29) is 23.4 Å². The Morgan fingerprint density at radius 2 is 1.69 bits per heavy atom. The summed E-state index contributed by atoms with van der Waals surface area (Å²) in [6.07, 6.45) is 8.65. The van der Waals surface area contributed by atoms with Crippen molar-refractivity contribution in [3.05, 3.63) is 23.3 Å². The van der Waals surface area contributed by atoms with Crippen LogP contribution < -0.4 is 0 Å². The number of hydrogen-bond acceptors (Lipinski definition) is 2. The summed E-state index contributed by atoms with van der Waals surface area (Å²) < 4.78 is 0. The van der Waals surface area contributed by atoms with E-state index in [4.69, 9.17) is 0 Å². The molecule has 0 aromatic carbocycles. The van der Waals surface area contributed by atoms with Gasteiger partial charge in [-0.1, -0.05) is 23.3 Å². The van der Waals surface area contributed by atoms with Gasteiger partial charge in [0.15, 0.2) is 0 Å². The minimum atomic E-state index is -0.0848. The van der Waals surface area contributed by atoms with Crippen molar-refractivity contribution >= 4 is 11.6 Å². The van der Waals surface area contributed by atoms with Crippen LogP contribution in [0.15, 0.2) is 23.3 Å². The molecule has 2 nitrogen and oxygen atoms in total. The van der Waals surface area contributed by atoms with Gasteiger partial charge in [0.2, 0.25) is 11.6 Å². The second kappa shape index (κ2) is 2.73. The average molecular weight is 214 g/mol. The monoisotopic (exact) mass is 214 g/mol. The van der Waals surface area contributed by atoms with Crippen LogP contribution in [0.1, 0.15) is 25.7 Å². The Bertz CT molecular complexity index is 469. The molecule has 0 heterocycles. The summed E-state index contributed by atoms with van der Waals surface area (Å²) in [5, 5.41) is 0. The van der Waals surface area contributed by atoms with Gasteiger partial charge in [-0.15, -0.1) is 0 Å². The molecule has 5 rings (SSSR count). The van der Waals surface area contributed by atoms with Gasteiger partial charge in [0.05, 0.1) is 11.8 Å². The maximum absolute atomic E-state index is 12.1. The molecule has 4 atom stereocenters. The number of Topliss-reactive ketones (excluding diaryl/α,β-unsaturated/α-hetero) is 2. The molecule has 2 heteroatoms. The van der Waals surface area contributed by atoms with Crippen molar-refractivity contribution in [2.45, 2.75) is 25.7 Å². The van der Waals surface area contributed by atoms with E-state index in [0.717, 1.165) is 25.7 Å². The summed E-state index contributed by atoms with van der Waals surface area (Å²) in [7, 11) is 0. The topological polar surface area (TPSA) is 34.1 Å². The number of ketones is 2. The van der Waals surface area contributed by atoms with Crippen LogP contribution >= 0.6 is 0 Å². The van der Waals surface area contributed by atoms with E-state index in [1.165, 1.54) is 11.1 Å². The highest BCUT2D eigenvalue weighted by Crippen LogP contribution is 2.56. The molecule has 0 aromatic rings. The number of carbonyl (C=O) groups excluding carboxylic acids is 2. The first kappa shape index (κ1) is 8.91. The highest BCUT2D eigenvalue weighted by Gasteiger charge is 2.57. The van der Waals surface area contributed by atoms with Gasteiger partial charge in [-0.05, 0) is 37.5 Å². The van der Waals surface area contributed by atoms with E-state index in [1.807, 2.05) is 0 Å². The largest absolute Gasteiger partial charge is 0.290 e. The van der Waals surface area contributed by atoms with Crippen LogP contribution in [0.4, 0.5) is 0 Å². The molecular weight excluding hydrogens is 200 g/mol. The zero-order valence-corrected chi connectivity index (χ0v) is 9.11. The summed E-state index contributed by atoms with van der Waals surface area (Å²) in [5.41, 5.74) is 2.71. The maximum Gasteiger partial charge on any atom is 0.206 e. The molecule has 16 heavy (non-hydrogen) atoms. The van der Waals surface area contributed by atoms with Crippen molar-refractivity contribution in [1.82, 2.24) is 0 Å². The van der Waals surface area contributed by atoms with Gasteiger partial charge >= 0.3 is 0 Å². The number of carbonyl (C=O) groups is 2. The Morgan fingerprint density at radius 1 is 1.00 bits per heavy atom. The standard InChI is InChI=1S/C14H14O2/c15-13-11-7-3-1-4-8(7)12(14(13)16)10-6-2-5-9(10)11/h1,3,7-8,11-12H,2,4-6H2. The molecule has 0 aromatic heterocycles. The molecule has 0 radical (unpaired) electrons. The van der Waals surface area contributed by atoms with Crippen LogP contribution in [0.5, 0.6) is 0 Å².